The molecule has 0 radical (unpaired) electrons. The van der Waals surface area contributed by atoms with E-state index >= 15 is 0 Å². The van der Waals surface area contributed by atoms with E-state index in [4.69, 9.17) is 4.74 Å². The maximum Gasteiger partial charge on any atom is 0.0726 e. The first-order valence-electron chi connectivity index (χ1n) is 4.45. The second-order valence-electron chi connectivity index (χ2n) is 3.59. The number of hydrogen-bond donors (Lipinski definition) is 0. The van der Waals surface area contributed by atoms with Crippen LogP contribution in [0, 0.1) is 0 Å². The zero-order chi connectivity index (χ0) is 8.27. The molecule has 0 spiro atoms. The van der Waals surface area contributed by atoms with E-state index in [1.807, 2.05) is 7.11 Å². The molecule has 0 N–H and O–H groups in total. The van der Waals surface area contributed by atoms with E-state index in [1.165, 1.54) is 25.7 Å². The topological polar surface area (TPSA) is 12.5 Å². The lowest BCUT2D eigenvalue weighted by atomic mass is 9.92. The maximum atomic E-state index is 5.42. The van der Waals surface area contributed by atoms with Gasteiger partial charge < -0.3 is 9.64 Å². The Hall–Kier alpha value is -0.0800. The Morgan fingerprint density at radius 3 is 2.27 bits per heavy atom. The third kappa shape index (κ3) is 2.17. The van der Waals surface area contributed by atoms with Gasteiger partial charge in [0.05, 0.1) is 6.10 Å². The molecule has 0 aromatic heterocycles. The molecule has 1 rings (SSSR count). The van der Waals surface area contributed by atoms with Gasteiger partial charge in [-0.3, -0.25) is 0 Å². The average Bonchev–Trinajstić information content (AvgIpc) is 2.04. The quantitative estimate of drug-likeness (QED) is 0.602. The van der Waals surface area contributed by atoms with E-state index in [0.29, 0.717) is 12.1 Å². The Morgan fingerprint density at radius 2 is 1.82 bits per heavy atom. The van der Waals surface area contributed by atoms with E-state index < -0.39 is 0 Å². The van der Waals surface area contributed by atoms with Gasteiger partial charge in [-0.25, -0.2) is 0 Å². The van der Waals surface area contributed by atoms with Crippen molar-refractivity contribution >= 4 is 0 Å². The van der Waals surface area contributed by atoms with Crippen molar-refractivity contribution in [1.82, 2.24) is 4.90 Å². The zero-order valence-corrected chi connectivity index (χ0v) is 7.84. The van der Waals surface area contributed by atoms with Gasteiger partial charge in [-0.1, -0.05) is 12.8 Å². The molecule has 1 fully saturated rings. The molecule has 0 aromatic rings. The van der Waals surface area contributed by atoms with Crippen molar-refractivity contribution in [1.29, 1.82) is 0 Å². The van der Waals surface area contributed by atoms with Crippen LogP contribution in [0.15, 0.2) is 0 Å². The van der Waals surface area contributed by atoms with Gasteiger partial charge in [-0.05, 0) is 26.9 Å². The molecule has 1 saturated carbocycles. The summed E-state index contributed by atoms with van der Waals surface area (Å²) < 4.78 is 5.42. The van der Waals surface area contributed by atoms with E-state index in [-0.39, 0.29) is 0 Å². The van der Waals surface area contributed by atoms with Crippen molar-refractivity contribution in [3.63, 3.8) is 0 Å². The summed E-state index contributed by atoms with van der Waals surface area (Å²) in [5, 5.41) is 0. The standard InChI is InChI=1S/C9H19NO/c1-10(2)8-6-4-5-7-9(8)11-3/h8-9H,4-7H2,1-3H3/t8-,9+/m0/s1. The third-order valence-electron chi connectivity index (χ3n) is 2.63. The van der Waals surface area contributed by atoms with Crippen molar-refractivity contribution in [2.24, 2.45) is 0 Å². The summed E-state index contributed by atoms with van der Waals surface area (Å²) in [6.45, 7) is 0. The van der Waals surface area contributed by atoms with Gasteiger partial charge in [0.1, 0.15) is 0 Å². The van der Waals surface area contributed by atoms with Crippen LogP contribution in [0.5, 0.6) is 0 Å². The van der Waals surface area contributed by atoms with E-state index in [1.54, 1.807) is 0 Å². The van der Waals surface area contributed by atoms with Crippen LogP contribution in [-0.2, 0) is 4.74 Å². The zero-order valence-electron chi connectivity index (χ0n) is 7.84. The SMILES string of the molecule is CO[C@@H]1CCCC[C@@H]1N(C)C. The second kappa shape index (κ2) is 4.07. The van der Waals surface area contributed by atoms with Crippen molar-refractivity contribution in [2.45, 2.75) is 37.8 Å². The lowest BCUT2D eigenvalue weighted by molar-refractivity contribution is 0.00633. The lowest BCUT2D eigenvalue weighted by Gasteiger charge is -2.34. The molecule has 2 heteroatoms. The minimum absolute atomic E-state index is 0.471. The summed E-state index contributed by atoms with van der Waals surface area (Å²) in [5.74, 6) is 0. The van der Waals surface area contributed by atoms with Crippen molar-refractivity contribution in [2.75, 3.05) is 21.2 Å². The number of likely N-dealkylation sites (N-methyl/N-ethyl adjacent to an activating group) is 1. The van der Waals surface area contributed by atoms with Crippen LogP contribution >= 0.6 is 0 Å². The van der Waals surface area contributed by atoms with E-state index in [2.05, 4.69) is 19.0 Å². The van der Waals surface area contributed by atoms with Crippen molar-refractivity contribution < 1.29 is 4.74 Å². The highest BCUT2D eigenvalue weighted by molar-refractivity contribution is 4.80. The molecule has 11 heavy (non-hydrogen) atoms. The van der Waals surface area contributed by atoms with E-state index in [0.717, 1.165) is 0 Å². The van der Waals surface area contributed by atoms with Gasteiger partial charge in [0.25, 0.3) is 0 Å². The predicted molar refractivity (Wildman–Crippen MR) is 46.7 cm³/mol. The summed E-state index contributed by atoms with van der Waals surface area (Å²) in [6.07, 6.45) is 5.70. The Morgan fingerprint density at radius 1 is 1.18 bits per heavy atom. The van der Waals surface area contributed by atoms with Gasteiger partial charge >= 0.3 is 0 Å². The monoisotopic (exact) mass is 157 g/mol. The summed E-state index contributed by atoms with van der Waals surface area (Å²) >= 11 is 0. The first-order valence-corrected chi connectivity index (χ1v) is 4.45. The molecular formula is C9H19NO. The highest BCUT2D eigenvalue weighted by Crippen LogP contribution is 2.23. The van der Waals surface area contributed by atoms with Crippen LogP contribution in [0.3, 0.4) is 0 Å². The smallest absolute Gasteiger partial charge is 0.0726 e. The van der Waals surface area contributed by atoms with Gasteiger partial charge in [0, 0.05) is 13.2 Å². The fourth-order valence-electron chi connectivity index (χ4n) is 1.94. The van der Waals surface area contributed by atoms with Crippen LogP contribution in [0.1, 0.15) is 25.7 Å². The van der Waals surface area contributed by atoms with Gasteiger partial charge in [-0.15, -0.1) is 0 Å². The number of nitrogens with zero attached hydrogens (tertiary/aromatic N) is 1. The molecule has 2 nitrogen and oxygen atoms in total. The van der Waals surface area contributed by atoms with Crippen molar-refractivity contribution in [3.8, 4) is 0 Å². The van der Waals surface area contributed by atoms with Crippen LogP contribution < -0.4 is 0 Å². The molecule has 1 aliphatic rings. The van der Waals surface area contributed by atoms with Gasteiger partial charge in [0.2, 0.25) is 0 Å². The van der Waals surface area contributed by atoms with E-state index in [9.17, 15) is 0 Å². The number of hydrogen-bond acceptors (Lipinski definition) is 2. The average molecular weight is 157 g/mol. The fraction of sp³-hybridized carbons (Fsp3) is 1.00. The summed E-state index contributed by atoms with van der Waals surface area (Å²) in [6, 6.07) is 0.647. The Kier molecular flexibility index (Phi) is 3.34. The van der Waals surface area contributed by atoms with Crippen LogP contribution in [-0.4, -0.2) is 38.3 Å². The maximum absolute atomic E-state index is 5.42. The lowest BCUT2D eigenvalue weighted by Crippen LogP contribution is -2.42. The number of methoxy groups -OCH3 is 1. The van der Waals surface area contributed by atoms with Crippen LogP contribution in [0.4, 0.5) is 0 Å². The predicted octanol–water partition coefficient (Wildman–Crippen LogP) is 1.51. The Bertz CT molecular complexity index is 114. The molecule has 0 heterocycles. The molecule has 66 valence electrons. The first-order chi connectivity index (χ1) is 5.25. The Labute approximate surface area is 69.5 Å². The summed E-state index contributed by atoms with van der Waals surface area (Å²) in [5.41, 5.74) is 0. The molecule has 0 aliphatic heterocycles. The third-order valence-corrected chi connectivity index (χ3v) is 2.63. The largest absolute Gasteiger partial charge is 0.380 e. The number of rotatable bonds is 2. The molecule has 0 unspecified atom stereocenters. The summed E-state index contributed by atoms with van der Waals surface area (Å²) in [7, 11) is 6.11. The van der Waals surface area contributed by atoms with Crippen molar-refractivity contribution in [3.05, 3.63) is 0 Å². The molecule has 2 atom stereocenters. The first kappa shape index (κ1) is 9.01. The molecule has 0 bridgehead atoms. The normalized spacial score (nSPS) is 32.7. The Balaban J connectivity index is 2.44. The van der Waals surface area contributed by atoms with Gasteiger partial charge in [-0.2, -0.15) is 0 Å². The number of ether oxygens (including phenoxy) is 1. The summed E-state index contributed by atoms with van der Waals surface area (Å²) in [4.78, 5) is 2.29. The molecule has 1 aliphatic carbocycles. The molecule has 0 aromatic carbocycles. The highest BCUT2D eigenvalue weighted by Gasteiger charge is 2.25. The van der Waals surface area contributed by atoms with Crippen LogP contribution in [0.2, 0.25) is 0 Å². The minimum atomic E-state index is 0.471. The molecule has 0 amide bonds. The fourth-order valence-corrected chi connectivity index (χ4v) is 1.94. The molecule has 0 saturated heterocycles. The molecular weight excluding hydrogens is 138 g/mol. The highest BCUT2D eigenvalue weighted by atomic mass is 16.5. The van der Waals surface area contributed by atoms with Crippen LogP contribution in [0.25, 0.3) is 0 Å². The van der Waals surface area contributed by atoms with Gasteiger partial charge in [0.15, 0.2) is 0 Å². The minimum Gasteiger partial charge on any atom is -0.380 e. The second-order valence-corrected chi connectivity index (χ2v) is 3.59.